The zero-order valence-corrected chi connectivity index (χ0v) is 16.4. The molecule has 1 unspecified atom stereocenters. The second kappa shape index (κ2) is 8.68. The highest BCUT2D eigenvalue weighted by Gasteiger charge is 2.32. The lowest BCUT2D eigenvalue weighted by Crippen LogP contribution is -2.42. The normalized spacial score (nSPS) is 12.3. The molecule has 0 radical (unpaired) electrons. The molecule has 0 aliphatic rings. The number of carboxylic acids is 1. The topological polar surface area (TPSA) is 108 Å². The number of hydrogen-bond acceptors (Lipinski definition) is 4. The number of amides is 1. The molecule has 1 heterocycles. The van der Waals surface area contributed by atoms with Crippen LogP contribution in [-0.2, 0) is 11.2 Å². The fourth-order valence-corrected chi connectivity index (χ4v) is 3.19. The van der Waals surface area contributed by atoms with Gasteiger partial charge < -0.3 is 10.4 Å². The Labute approximate surface area is 169 Å². The summed E-state index contributed by atoms with van der Waals surface area (Å²) >= 11 is 0. The van der Waals surface area contributed by atoms with E-state index in [2.05, 4.69) is 20.5 Å². The van der Waals surface area contributed by atoms with Crippen molar-refractivity contribution < 1.29 is 14.7 Å². The number of H-pyrrole nitrogens is 1. The van der Waals surface area contributed by atoms with E-state index in [4.69, 9.17) is 0 Å². The van der Waals surface area contributed by atoms with E-state index < -0.39 is 17.3 Å². The first-order valence-electron chi connectivity index (χ1n) is 9.39. The SMILES string of the molecule is CC(C)(CC(Cc1ccc(-c2ccccc2)cc1)NC(=O)c1ncn[nH]1)C(=O)O. The molecule has 7 nitrogen and oxygen atoms in total. The van der Waals surface area contributed by atoms with E-state index in [1.807, 2.05) is 54.6 Å². The van der Waals surface area contributed by atoms with Crippen LogP contribution >= 0.6 is 0 Å². The molecule has 0 bridgehead atoms. The molecular formula is C22H24N4O3. The quantitative estimate of drug-likeness (QED) is 0.545. The van der Waals surface area contributed by atoms with E-state index in [0.29, 0.717) is 6.42 Å². The number of hydrogen-bond donors (Lipinski definition) is 3. The van der Waals surface area contributed by atoms with Crippen molar-refractivity contribution in [3.63, 3.8) is 0 Å². The Kier molecular flexibility index (Phi) is 6.07. The van der Waals surface area contributed by atoms with Crippen LogP contribution in [0.3, 0.4) is 0 Å². The van der Waals surface area contributed by atoms with Gasteiger partial charge >= 0.3 is 5.97 Å². The molecule has 0 fully saturated rings. The predicted octanol–water partition coefficient (Wildman–Crippen LogP) is 3.31. The number of aromatic nitrogens is 3. The Balaban J connectivity index is 1.76. The van der Waals surface area contributed by atoms with E-state index in [9.17, 15) is 14.7 Å². The highest BCUT2D eigenvalue weighted by atomic mass is 16.4. The third-order valence-electron chi connectivity index (χ3n) is 4.84. The summed E-state index contributed by atoms with van der Waals surface area (Å²) in [6.45, 7) is 3.31. The van der Waals surface area contributed by atoms with Gasteiger partial charge in [0.15, 0.2) is 0 Å². The first kappa shape index (κ1) is 20.3. The van der Waals surface area contributed by atoms with Crippen LogP contribution in [0.25, 0.3) is 11.1 Å². The van der Waals surface area contributed by atoms with Gasteiger partial charge in [-0.05, 0) is 43.4 Å². The van der Waals surface area contributed by atoms with Gasteiger partial charge in [0.25, 0.3) is 5.91 Å². The minimum Gasteiger partial charge on any atom is -0.481 e. The Morgan fingerprint density at radius 2 is 1.72 bits per heavy atom. The van der Waals surface area contributed by atoms with Gasteiger partial charge in [0, 0.05) is 6.04 Å². The van der Waals surface area contributed by atoms with Crippen LogP contribution in [0.2, 0.25) is 0 Å². The van der Waals surface area contributed by atoms with E-state index >= 15 is 0 Å². The number of carbonyl (C=O) groups excluding carboxylic acids is 1. The zero-order chi connectivity index (χ0) is 20.9. The molecule has 1 amide bonds. The largest absolute Gasteiger partial charge is 0.481 e. The Bertz CT molecular complexity index is 951. The summed E-state index contributed by atoms with van der Waals surface area (Å²) in [5.74, 6) is -1.21. The molecule has 3 rings (SSSR count). The van der Waals surface area contributed by atoms with Crippen molar-refractivity contribution >= 4 is 11.9 Å². The van der Waals surface area contributed by atoms with E-state index in [1.165, 1.54) is 6.33 Å². The summed E-state index contributed by atoms with van der Waals surface area (Å²) in [7, 11) is 0. The van der Waals surface area contributed by atoms with Crippen LogP contribution in [0.15, 0.2) is 60.9 Å². The minimum absolute atomic E-state index is 0.0996. The van der Waals surface area contributed by atoms with E-state index in [-0.39, 0.29) is 18.3 Å². The summed E-state index contributed by atoms with van der Waals surface area (Å²) < 4.78 is 0. The number of carbonyl (C=O) groups is 2. The molecular weight excluding hydrogens is 368 g/mol. The van der Waals surface area contributed by atoms with Crippen molar-refractivity contribution in [1.29, 1.82) is 0 Å². The van der Waals surface area contributed by atoms with Crippen molar-refractivity contribution in [2.75, 3.05) is 0 Å². The summed E-state index contributed by atoms with van der Waals surface area (Å²) in [6.07, 6.45) is 2.04. The standard InChI is InChI=1S/C22H24N4O3/c1-22(2,21(28)29)13-18(25-20(27)19-23-14-24-26-19)12-15-8-10-17(11-9-15)16-6-4-3-5-7-16/h3-11,14,18H,12-13H2,1-2H3,(H,25,27)(H,28,29)(H,23,24,26). The van der Waals surface area contributed by atoms with E-state index in [0.717, 1.165) is 16.7 Å². The second-order valence-corrected chi connectivity index (χ2v) is 7.66. The number of aromatic amines is 1. The average molecular weight is 392 g/mol. The number of nitrogens with one attached hydrogen (secondary N) is 2. The van der Waals surface area contributed by atoms with Crippen LogP contribution in [0.1, 0.15) is 36.5 Å². The van der Waals surface area contributed by atoms with Gasteiger partial charge in [0.2, 0.25) is 5.82 Å². The second-order valence-electron chi connectivity index (χ2n) is 7.66. The molecule has 1 atom stereocenters. The molecule has 0 spiro atoms. The number of rotatable bonds is 8. The molecule has 2 aromatic carbocycles. The van der Waals surface area contributed by atoms with Gasteiger partial charge in [-0.1, -0.05) is 54.6 Å². The fraction of sp³-hybridized carbons (Fsp3) is 0.273. The van der Waals surface area contributed by atoms with Crippen LogP contribution in [0.5, 0.6) is 0 Å². The molecule has 29 heavy (non-hydrogen) atoms. The molecule has 150 valence electrons. The van der Waals surface area contributed by atoms with Gasteiger partial charge in [-0.25, -0.2) is 4.98 Å². The van der Waals surface area contributed by atoms with Crippen molar-refractivity contribution in [3.05, 3.63) is 72.3 Å². The summed E-state index contributed by atoms with van der Waals surface area (Å²) in [5.41, 5.74) is 2.25. The highest BCUT2D eigenvalue weighted by Crippen LogP contribution is 2.25. The maximum absolute atomic E-state index is 12.4. The molecule has 0 aliphatic carbocycles. The van der Waals surface area contributed by atoms with Crippen molar-refractivity contribution in [1.82, 2.24) is 20.5 Å². The molecule has 7 heteroatoms. The van der Waals surface area contributed by atoms with Gasteiger partial charge in [-0.2, -0.15) is 5.10 Å². The summed E-state index contributed by atoms with van der Waals surface area (Å²) in [6, 6.07) is 17.7. The minimum atomic E-state index is -0.983. The summed E-state index contributed by atoms with van der Waals surface area (Å²) in [5, 5.41) is 18.6. The van der Waals surface area contributed by atoms with Crippen molar-refractivity contribution in [2.24, 2.45) is 5.41 Å². The monoisotopic (exact) mass is 392 g/mol. The first-order chi connectivity index (χ1) is 13.8. The Morgan fingerprint density at radius 3 is 2.31 bits per heavy atom. The molecule has 0 aliphatic heterocycles. The van der Waals surface area contributed by atoms with Crippen LogP contribution in [-0.4, -0.2) is 38.2 Å². The maximum atomic E-state index is 12.4. The van der Waals surface area contributed by atoms with Gasteiger partial charge in [0.1, 0.15) is 6.33 Å². The molecule has 0 saturated heterocycles. The van der Waals surface area contributed by atoms with E-state index in [1.54, 1.807) is 13.8 Å². The lowest BCUT2D eigenvalue weighted by atomic mass is 9.83. The lowest BCUT2D eigenvalue weighted by Gasteiger charge is -2.26. The van der Waals surface area contributed by atoms with Gasteiger partial charge in [-0.15, -0.1) is 0 Å². The fourth-order valence-electron chi connectivity index (χ4n) is 3.19. The number of aliphatic carboxylic acids is 1. The molecule has 3 aromatic rings. The lowest BCUT2D eigenvalue weighted by molar-refractivity contribution is -0.147. The zero-order valence-electron chi connectivity index (χ0n) is 16.4. The molecule has 3 N–H and O–H groups in total. The molecule has 1 aromatic heterocycles. The average Bonchev–Trinajstić information content (AvgIpc) is 3.24. The van der Waals surface area contributed by atoms with Crippen LogP contribution in [0.4, 0.5) is 0 Å². The van der Waals surface area contributed by atoms with Crippen LogP contribution in [0, 0.1) is 5.41 Å². The van der Waals surface area contributed by atoms with Gasteiger partial charge in [0.05, 0.1) is 5.41 Å². The third-order valence-corrected chi connectivity index (χ3v) is 4.84. The van der Waals surface area contributed by atoms with Crippen molar-refractivity contribution in [2.45, 2.75) is 32.7 Å². The number of benzene rings is 2. The third kappa shape index (κ3) is 5.28. The summed E-state index contributed by atoms with van der Waals surface area (Å²) in [4.78, 5) is 27.9. The van der Waals surface area contributed by atoms with Crippen molar-refractivity contribution in [3.8, 4) is 11.1 Å². The smallest absolute Gasteiger partial charge is 0.309 e. The number of nitrogens with zero attached hydrogens (tertiary/aromatic N) is 2. The predicted molar refractivity (Wildman–Crippen MR) is 109 cm³/mol. The Hall–Kier alpha value is -3.48. The molecule has 0 saturated carbocycles. The highest BCUT2D eigenvalue weighted by molar-refractivity contribution is 5.90. The van der Waals surface area contributed by atoms with Crippen LogP contribution < -0.4 is 5.32 Å². The maximum Gasteiger partial charge on any atom is 0.309 e. The number of carboxylic acid groups (broad SMARTS) is 1. The first-order valence-corrected chi connectivity index (χ1v) is 9.39. The Morgan fingerprint density at radius 1 is 1.07 bits per heavy atom. The van der Waals surface area contributed by atoms with Gasteiger partial charge in [-0.3, -0.25) is 14.7 Å².